The lowest BCUT2D eigenvalue weighted by Crippen LogP contribution is -2.30. The van der Waals surface area contributed by atoms with Crippen molar-refractivity contribution in [1.29, 1.82) is 0 Å². The van der Waals surface area contributed by atoms with Crippen LogP contribution in [0.1, 0.15) is 22.8 Å². The Morgan fingerprint density at radius 3 is 2.30 bits per heavy atom. The molecule has 10 nitrogen and oxygen atoms in total. The Bertz CT molecular complexity index is 1950. The van der Waals surface area contributed by atoms with Crippen LogP contribution in [0, 0.1) is 15.9 Å². The number of carbonyl (C=O) groups is 3. The lowest BCUT2D eigenvalue weighted by atomic mass is 10.1. The van der Waals surface area contributed by atoms with E-state index in [1.54, 1.807) is 85.1 Å². The van der Waals surface area contributed by atoms with E-state index >= 15 is 0 Å². The second-order valence-corrected chi connectivity index (χ2v) is 12.2. The molecular formula is C34H26FN5O5S2. The van der Waals surface area contributed by atoms with Crippen molar-refractivity contribution in [2.45, 2.75) is 17.1 Å². The maximum absolute atomic E-state index is 13.4. The highest BCUT2D eigenvalue weighted by atomic mass is 32.2. The van der Waals surface area contributed by atoms with E-state index in [0.717, 1.165) is 10.5 Å². The standard InChI is InChI=1S/C34H26FN5O5S2/c1-21(31(41)39-34-38-29(20-46-34)22-11-13-25(35)14-12-22)47-27-17-15-26(16-18-27)36-33(43)28(37-32(42)23-7-3-2-4-8-23)19-24-9-5-6-10-30(24)40(44)45/h2-21H,1H3,(H,36,43)(H,37,42)(H,38,39,41)/b28-19-. The SMILES string of the molecule is CC(Sc1ccc(NC(=O)/C(=C/c2ccccc2[N+](=O)[O-])NC(=O)c2ccccc2)cc1)C(=O)Nc1nc(-c2ccc(F)cc2)cs1. The topological polar surface area (TPSA) is 143 Å². The van der Waals surface area contributed by atoms with Crippen molar-refractivity contribution in [1.82, 2.24) is 10.3 Å². The molecule has 0 radical (unpaired) electrons. The van der Waals surface area contributed by atoms with Crippen molar-refractivity contribution in [3.8, 4) is 11.3 Å². The lowest BCUT2D eigenvalue weighted by Gasteiger charge is -2.13. The van der Waals surface area contributed by atoms with Gasteiger partial charge < -0.3 is 16.0 Å². The minimum Gasteiger partial charge on any atom is -0.321 e. The molecule has 1 aromatic heterocycles. The van der Waals surface area contributed by atoms with Crippen LogP contribution in [-0.4, -0.2) is 32.9 Å². The lowest BCUT2D eigenvalue weighted by molar-refractivity contribution is -0.385. The van der Waals surface area contributed by atoms with Gasteiger partial charge in [-0.3, -0.25) is 24.5 Å². The summed E-state index contributed by atoms with van der Waals surface area (Å²) in [6, 6.07) is 26.8. The van der Waals surface area contributed by atoms with Gasteiger partial charge in [0.25, 0.3) is 17.5 Å². The number of carbonyl (C=O) groups excluding carboxylic acids is 3. The number of nitro groups is 1. The van der Waals surface area contributed by atoms with Crippen LogP contribution in [0.25, 0.3) is 17.3 Å². The molecule has 13 heteroatoms. The van der Waals surface area contributed by atoms with Crippen LogP contribution in [-0.2, 0) is 9.59 Å². The number of nitrogens with zero attached hydrogens (tertiary/aromatic N) is 2. The minimum absolute atomic E-state index is 0.138. The van der Waals surface area contributed by atoms with Crippen molar-refractivity contribution in [3.63, 3.8) is 0 Å². The van der Waals surface area contributed by atoms with E-state index in [4.69, 9.17) is 0 Å². The van der Waals surface area contributed by atoms with Gasteiger partial charge in [0.15, 0.2) is 5.13 Å². The summed E-state index contributed by atoms with van der Waals surface area (Å²) in [6.07, 6.45) is 1.25. The quantitative estimate of drug-likeness (QED) is 0.0577. The third-order valence-corrected chi connectivity index (χ3v) is 8.50. The fraction of sp³-hybridized carbons (Fsp3) is 0.0588. The van der Waals surface area contributed by atoms with Gasteiger partial charge in [-0.05, 0) is 79.7 Å². The molecule has 1 atom stereocenters. The summed E-state index contributed by atoms with van der Waals surface area (Å²) in [4.78, 5) is 55.3. The maximum atomic E-state index is 13.4. The normalized spacial score (nSPS) is 11.7. The number of aromatic nitrogens is 1. The predicted molar refractivity (Wildman–Crippen MR) is 182 cm³/mol. The number of hydrogen-bond acceptors (Lipinski definition) is 8. The highest BCUT2D eigenvalue weighted by Crippen LogP contribution is 2.29. The molecule has 0 fully saturated rings. The average molecular weight is 668 g/mol. The molecule has 0 aliphatic heterocycles. The first-order valence-corrected chi connectivity index (χ1v) is 15.8. The van der Waals surface area contributed by atoms with E-state index in [-0.39, 0.29) is 28.7 Å². The van der Waals surface area contributed by atoms with E-state index < -0.39 is 22.0 Å². The zero-order chi connectivity index (χ0) is 33.3. The Hall–Kier alpha value is -5.66. The number of amides is 3. The van der Waals surface area contributed by atoms with Crippen molar-refractivity contribution >= 4 is 63.4 Å². The summed E-state index contributed by atoms with van der Waals surface area (Å²) in [7, 11) is 0. The maximum Gasteiger partial charge on any atom is 0.276 e. The Morgan fingerprint density at radius 2 is 1.60 bits per heavy atom. The van der Waals surface area contributed by atoms with Gasteiger partial charge >= 0.3 is 0 Å². The molecule has 3 N–H and O–H groups in total. The Labute approximate surface area is 276 Å². The molecule has 0 aliphatic rings. The monoisotopic (exact) mass is 667 g/mol. The number of thiazole rings is 1. The number of nitrogens with one attached hydrogen (secondary N) is 3. The summed E-state index contributed by atoms with van der Waals surface area (Å²) in [6.45, 7) is 1.75. The molecule has 1 unspecified atom stereocenters. The average Bonchev–Trinajstić information content (AvgIpc) is 3.54. The van der Waals surface area contributed by atoms with Crippen molar-refractivity contribution in [2.24, 2.45) is 0 Å². The van der Waals surface area contributed by atoms with E-state index in [1.165, 1.54) is 59.5 Å². The van der Waals surface area contributed by atoms with Crippen molar-refractivity contribution in [2.75, 3.05) is 10.6 Å². The largest absolute Gasteiger partial charge is 0.321 e. The van der Waals surface area contributed by atoms with Gasteiger partial charge in [-0.15, -0.1) is 23.1 Å². The molecular weight excluding hydrogens is 642 g/mol. The summed E-state index contributed by atoms with van der Waals surface area (Å²) in [5.74, 6) is -1.85. The molecule has 0 aliphatic carbocycles. The number of hydrogen-bond donors (Lipinski definition) is 3. The number of anilines is 2. The van der Waals surface area contributed by atoms with E-state index in [9.17, 15) is 28.9 Å². The summed E-state index contributed by atoms with van der Waals surface area (Å²) < 4.78 is 13.2. The zero-order valence-electron chi connectivity index (χ0n) is 24.7. The highest BCUT2D eigenvalue weighted by Gasteiger charge is 2.20. The first-order chi connectivity index (χ1) is 22.7. The fourth-order valence-electron chi connectivity index (χ4n) is 4.24. The summed E-state index contributed by atoms with van der Waals surface area (Å²) in [5.41, 5.74) is 1.78. The summed E-state index contributed by atoms with van der Waals surface area (Å²) in [5, 5.41) is 21.4. The molecule has 0 saturated carbocycles. The number of para-hydroxylation sites is 1. The molecule has 4 aromatic carbocycles. The number of rotatable bonds is 11. The number of benzene rings is 4. The third kappa shape index (κ3) is 8.75. The van der Waals surface area contributed by atoms with Gasteiger partial charge in [0.1, 0.15) is 11.5 Å². The van der Waals surface area contributed by atoms with Gasteiger partial charge in [0.05, 0.1) is 21.4 Å². The number of halogens is 1. The Balaban J connectivity index is 1.24. The van der Waals surface area contributed by atoms with Gasteiger partial charge in [0.2, 0.25) is 5.91 Å². The second kappa shape index (κ2) is 15.1. The van der Waals surface area contributed by atoms with Crippen LogP contribution < -0.4 is 16.0 Å². The molecule has 5 rings (SSSR count). The highest BCUT2D eigenvalue weighted by molar-refractivity contribution is 8.00. The molecule has 47 heavy (non-hydrogen) atoms. The van der Waals surface area contributed by atoms with Crippen LogP contribution >= 0.6 is 23.1 Å². The van der Waals surface area contributed by atoms with Crippen LogP contribution in [0.15, 0.2) is 119 Å². The van der Waals surface area contributed by atoms with E-state index in [1.807, 2.05) is 0 Å². The molecule has 0 spiro atoms. The van der Waals surface area contributed by atoms with E-state index in [0.29, 0.717) is 22.1 Å². The van der Waals surface area contributed by atoms with Crippen molar-refractivity contribution < 1.29 is 23.7 Å². The van der Waals surface area contributed by atoms with Crippen molar-refractivity contribution in [3.05, 3.63) is 141 Å². The summed E-state index contributed by atoms with van der Waals surface area (Å²) >= 11 is 2.56. The van der Waals surface area contributed by atoms with Gasteiger partial charge in [-0.1, -0.05) is 30.3 Å². The van der Waals surface area contributed by atoms with Crippen LogP contribution in [0.4, 0.5) is 20.9 Å². The smallest absolute Gasteiger partial charge is 0.276 e. The molecule has 0 bridgehead atoms. The molecule has 236 valence electrons. The first-order valence-electron chi connectivity index (χ1n) is 14.1. The Kier molecular flexibility index (Phi) is 10.5. The van der Waals surface area contributed by atoms with Crippen LogP contribution in [0.3, 0.4) is 0 Å². The fourth-order valence-corrected chi connectivity index (χ4v) is 5.83. The number of thioether (sulfide) groups is 1. The molecule has 0 saturated heterocycles. The van der Waals surface area contributed by atoms with Gasteiger partial charge in [-0.2, -0.15) is 0 Å². The predicted octanol–water partition coefficient (Wildman–Crippen LogP) is 7.39. The molecule has 1 heterocycles. The Morgan fingerprint density at radius 1 is 0.915 bits per heavy atom. The van der Waals surface area contributed by atoms with Crippen LogP contribution in [0.5, 0.6) is 0 Å². The third-order valence-electron chi connectivity index (χ3n) is 6.63. The molecule has 3 amide bonds. The van der Waals surface area contributed by atoms with Gasteiger partial charge in [-0.25, -0.2) is 9.37 Å². The molecule has 5 aromatic rings. The van der Waals surface area contributed by atoms with Crippen LogP contribution in [0.2, 0.25) is 0 Å². The second-order valence-electron chi connectivity index (χ2n) is 9.97. The zero-order valence-corrected chi connectivity index (χ0v) is 26.3. The minimum atomic E-state index is -0.691. The number of nitro benzene ring substituents is 1. The van der Waals surface area contributed by atoms with Gasteiger partial charge in [0, 0.05) is 33.2 Å². The van der Waals surface area contributed by atoms with E-state index in [2.05, 4.69) is 20.9 Å². The first kappa shape index (κ1) is 32.7.